The molecule has 2 saturated heterocycles. The third-order valence-corrected chi connectivity index (χ3v) is 4.00. The van der Waals surface area contributed by atoms with Crippen LogP contribution in [0, 0.1) is 0 Å². The van der Waals surface area contributed by atoms with Crippen LogP contribution in [0.3, 0.4) is 0 Å². The summed E-state index contributed by atoms with van der Waals surface area (Å²) in [7, 11) is 0. The zero-order chi connectivity index (χ0) is 13.3. The van der Waals surface area contributed by atoms with Crippen molar-refractivity contribution in [3.05, 3.63) is 35.4 Å². The second-order valence-corrected chi connectivity index (χ2v) is 5.99. The molecule has 2 unspecified atom stereocenters. The van der Waals surface area contributed by atoms with Gasteiger partial charge in [0, 0.05) is 6.04 Å². The highest BCUT2D eigenvalue weighted by atomic mass is 16.7. The van der Waals surface area contributed by atoms with E-state index < -0.39 is 5.79 Å². The summed E-state index contributed by atoms with van der Waals surface area (Å²) in [6, 6.07) is 9.27. The third-order valence-electron chi connectivity index (χ3n) is 4.00. The Morgan fingerprint density at radius 1 is 1.21 bits per heavy atom. The summed E-state index contributed by atoms with van der Waals surface area (Å²) in [6.07, 6.45) is 3.91. The minimum Gasteiger partial charge on any atom is -0.347 e. The van der Waals surface area contributed by atoms with Gasteiger partial charge in [0.05, 0.1) is 6.61 Å². The molecule has 2 fully saturated rings. The first kappa shape index (κ1) is 13.1. The van der Waals surface area contributed by atoms with Crippen molar-refractivity contribution < 1.29 is 9.47 Å². The van der Waals surface area contributed by atoms with E-state index in [1.165, 1.54) is 30.4 Å². The van der Waals surface area contributed by atoms with Crippen molar-refractivity contribution in [2.45, 2.75) is 51.0 Å². The molecule has 19 heavy (non-hydrogen) atoms. The minimum atomic E-state index is -0.455. The van der Waals surface area contributed by atoms with Crippen LogP contribution in [0.15, 0.2) is 24.3 Å². The van der Waals surface area contributed by atoms with Crippen molar-refractivity contribution >= 4 is 0 Å². The molecule has 3 heteroatoms. The van der Waals surface area contributed by atoms with Gasteiger partial charge in [0.2, 0.25) is 0 Å². The van der Waals surface area contributed by atoms with Crippen molar-refractivity contribution in [3.8, 4) is 0 Å². The molecule has 1 aromatic carbocycles. The lowest BCUT2D eigenvalue weighted by Crippen LogP contribution is -2.26. The lowest BCUT2D eigenvalue weighted by molar-refractivity contribution is -0.139. The zero-order valence-electron chi connectivity index (χ0n) is 11.8. The average molecular weight is 261 g/mol. The average Bonchev–Trinajstić information content (AvgIpc) is 2.80. The molecule has 3 rings (SSSR count). The van der Waals surface area contributed by atoms with Crippen LogP contribution < -0.4 is 5.32 Å². The Labute approximate surface area is 115 Å². The van der Waals surface area contributed by atoms with Crippen molar-refractivity contribution in [2.75, 3.05) is 13.2 Å². The van der Waals surface area contributed by atoms with E-state index in [-0.39, 0.29) is 6.10 Å². The van der Waals surface area contributed by atoms with Crippen molar-refractivity contribution in [3.63, 3.8) is 0 Å². The Bertz CT molecular complexity index is 438. The van der Waals surface area contributed by atoms with Gasteiger partial charge < -0.3 is 14.8 Å². The van der Waals surface area contributed by atoms with Gasteiger partial charge in [-0.25, -0.2) is 0 Å². The molecule has 0 radical (unpaired) electrons. The molecule has 104 valence electrons. The van der Waals surface area contributed by atoms with Crippen molar-refractivity contribution in [1.82, 2.24) is 5.32 Å². The van der Waals surface area contributed by atoms with E-state index in [1.807, 2.05) is 13.8 Å². The van der Waals surface area contributed by atoms with Gasteiger partial charge in [-0.15, -0.1) is 0 Å². The monoisotopic (exact) mass is 261 g/mol. The van der Waals surface area contributed by atoms with Gasteiger partial charge in [-0.05, 0) is 44.4 Å². The maximum atomic E-state index is 5.93. The molecule has 3 nitrogen and oxygen atoms in total. The Kier molecular flexibility index (Phi) is 3.61. The summed E-state index contributed by atoms with van der Waals surface area (Å²) in [5.41, 5.74) is 2.61. The molecule has 0 aliphatic carbocycles. The van der Waals surface area contributed by atoms with Crippen LogP contribution in [0.2, 0.25) is 0 Å². The van der Waals surface area contributed by atoms with E-state index >= 15 is 0 Å². The predicted octanol–water partition coefficient (Wildman–Crippen LogP) is 3.33. The third kappa shape index (κ3) is 2.99. The Morgan fingerprint density at radius 2 is 2.05 bits per heavy atom. The number of rotatable bonds is 2. The molecular weight excluding hydrogens is 238 g/mol. The van der Waals surface area contributed by atoms with E-state index in [0.29, 0.717) is 12.6 Å². The second-order valence-electron chi connectivity index (χ2n) is 5.99. The molecule has 0 amide bonds. The number of benzene rings is 1. The van der Waals surface area contributed by atoms with Crippen molar-refractivity contribution in [2.24, 2.45) is 0 Å². The lowest BCUT2D eigenvalue weighted by atomic mass is 9.95. The van der Waals surface area contributed by atoms with Crippen LogP contribution in [0.5, 0.6) is 0 Å². The SMILES string of the molecule is CC1(C)OCC(c2cccc(C3CCCCN3)c2)O1. The summed E-state index contributed by atoms with van der Waals surface area (Å²) < 4.78 is 11.6. The van der Waals surface area contributed by atoms with Gasteiger partial charge >= 0.3 is 0 Å². The van der Waals surface area contributed by atoms with Gasteiger partial charge in [-0.2, -0.15) is 0 Å². The number of hydrogen-bond acceptors (Lipinski definition) is 3. The molecule has 2 aliphatic rings. The predicted molar refractivity (Wildman–Crippen MR) is 74.9 cm³/mol. The van der Waals surface area contributed by atoms with Crippen LogP contribution in [0.1, 0.15) is 56.4 Å². The molecule has 1 aromatic rings. The molecule has 2 atom stereocenters. The molecule has 2 heterocycles. The lowest BCUT2D eigenvalue weighted by Gasteiger charge is -2.24. The van der Waals surface area contributed by atoms with Gasteiger partial charge in [0.15, 0.2) is 5.79 Å². The van der Waals surface area contributed by atoms with Crippen LogP contribution >= 0.6 is 0 Å². The maximum absolute atomic E-state index is 5.93. The Hall–Kier alpha value is -0.900. The molecule has 1 N–H and O–H groups in total. The number of ether oxygens (including phenoxy) is 2. The summed E-state index contributed by atoms with van der Waals surface area (Å²) in [5.74, 6) is -0.455. The van der Waals surface area contributed by atoms with Crippen molar-refractivity contribution in [1.29, 1.82) is 0 Å². The highest BCUT2D eigenvalue weighted by Gasteiger charge is 2.33. The maximum Gasteiger partial charge on any atom is 0.163 e. The first-order valence-electron chi connectivity index (χ1n) is 7.29. The molecule has 0 saturated carbocycles. The molecule has 0 aromatic heterocycles. The number of piperidine rings is 1. The smallest absolute Gasteiger partial charge is 0.163 e. The largest absolute Gasteiger partial charge is 0.347 e. The van der Waals surface area contributed by atoms with Gasteiger partial charge in [0.1, 0.15) is 6.10 Å². The quantitative estimate of drug-likeness (QED) is 0.886. The summed E-state index contributed by atoms with van der Waals surface area (Å²) in [6.45, 7) is 5.72. The van der Waals surface area contributed by atoms with Gasteiger partial charge in [-0.3, -0.25) is 0 Å². The summed E-state index contributed by atoms with van der Waals surface area (Å²) >= 11 is 0. The van der Waals surface area contributed by atoms with Gasteiger partial charge in [-0.1, -0.05) is 30.7 Å². The fourth-order valence-corrected chi connectivity index (χ4v) is 2.96. The fraction of sp³-hybridized carbons (Fsp3) is 0.625. The van der Waals surface area contributed by atoms with E-state index in [0.717, 1.165) is 6.54 Å². The van der Waals surface area contributed by atoms with E-state index in [9.17, 15) is 0 Å². The van der Waals surface area contributed by atoms with Crippen LogP contribution in [0.4, 0.5) is 0 Å². The van der Waals surface area contributed by atoms with Crippen LogP contribution in [-0.4, -0.2) is 18.9 Å². The normalized spacial score (nSPS) is 30.4. The first-order valence-corrected chi connectivity index (χ1v) is 7.29. The Morgan fingerprint density at radius 3 is 2.74 bits per heavy atom. The molecule has 2 aliphatic heterocycles. The Balaban J connectivity index is 1.76. The second kappa shape index (κ2) is 5.23. The topological polar surface area (TPSA) is 30.5 Å². The van der Waals surface area contributed by atoms with E-state index in [2.05, 4.69) is 29.6 Å². The van der Waals surface area contributed by atoms with E-state index in [4.69, 9.17) is 9.47 Å². The van der Waals surface area contributed by atoms with E-state index in [1.54, 1.807) is 0 Å². The number of hydrogen-bond donors (Lipinski definition) is 1. The molecule has 0 spiro atoms. The molecular formula is C16H23NO2. The summed E-state index contributed by atoms with van der Waals surface area (Å²) in [4.78, 5) is 0. The van der Waals surface area contributed by atoms with Gasteiger partial charge in [0.25, 0.3) is 0 Å². The highest BCUT2D eigenvalue weighted by molar-refractivity contribution is 5.28. The van der Waals surface area contributed by atoms with Crippen LogP contribution in [-0.2, 0) is 9.47 Å². The standard InChI is InChI=1S/C16H23NO2/c1-16(2)18-11-15(19-16)13-7-5-6-12(10-13)14-8-3-4-9-17-14/h5-7,10,14-15,17H,3-4,8-9,11H2,1-2H3. The first-order chi connectivity index (χ1) is 9.14. The fourth-order valence-electron chi connectivity index (χ4n) is 2.96. The number of nitrogens with one attached hydrogen (secondary N) is 1. The highest BCUT2D eigenvalue weighted by Crippen LogP contribution is 2.34. The minimum absolute atomic E-state index is 0.0681. The summed E-state index contributed by atoms with van der Waals surface area (Å²) in [5, 5.41) is 3.60. The zero-order valence-corrected chi connectivity index (χ0v) is 11.8. The molecule has 0 bridgehead atoms. The van der Waals surface area contributed by atoms with Crippen LogP contribution in [0.25, 0.3) is 0 Å².